The second kappa shape index (κ2) is 6.94. The Balaban J connectivity index is 2.41. The maximum Gasteiger partial charge on any atom is 0.338 e. The Morgan fingerprint density at radius 3 is 2.76 bits per heavy atom. The van der Waals surface area contributed by atoms with E-state index in [2.05, 4.69) is 13.8 Å². The van der Waals surface area contributed by atoms with Crippen LogP contribution in [0.4, 0.5) is 0 Å². The van der Waals surface area contributed by atoms with Gasteiger partial charge in [-0.25, -0.2) is 4.79 Å². The van der Waals surface area contributed by atoms with E-state index in [0.717, 1.165) is 12.8 Å². The molecule has 0 spiro atoms. The highest BCUT2D eigenvalue weighted by molar-refractivity contribution is 5.89. The van der Waals surface area contributed by atoms with Crippen molar-refractivity contribution in [3.05, 3.63) is 29.8 Å². The van der Waals surface area contributed by atoms with Gasteiger partial charge >= 0.3 is 5.97 Å². The minimum atomic E-state index is -0.285. The van der Waals surface area contributed by atoms with Gasteiger partial charge in [-0.3, -0.25) is 0 Å². The number of methoxy groups -OCH3 is 1. The van der Waals surface area contributed by atoms with Gasteiger partial charge in [0.1, 0.15) is 5.75 Å². The number of carbonyl (C=O) groups excluding carboxylic acids is 1. The van der Waals surface area contributed by atoms with E-state index >= 15 is 0 Å². The molecular formula is C14H20O3. The van der Waals surface area contributed by atoms with E-state index in [1.807, 2.05) is 0 Å². The molecule has 17 heavy (non-hydrogen) atoms. The monoisotopic (exact) mass is 236 g/mol. The van der Waals surface area contributed by atoms with Gasteiger partial charge in [-0.1, -0.05) is 19.9 Å². The molecule has 0 aliphatic rings. The minimum Gasteiger partial charge on any atom is -0.497 e. The zero-order chi connectivity index (χ0) is 12.7. The Morgan fingerprint density at radius 1 is 1.35 bits per heavy atom. The van der Waals surface area contributed by atoms with Gasteiger partial charge in [0.05, 0.1) is 19.3 Å². The normalized spacial score (nSPS) is 10.4. The minimum absolute atomic E-state index is 0.285. The van der Waals surface area contributed by atoms with E-state index in [0.29, 0.717) is 23.8 Å². The number of esters is 1. The topological polar surface area (TPSA) is 35.5 Å². The van der Waals surface area contributed by atoms with Crippen LogP contribution in [0.2, 0.25) is 0 Å². The highest BCUT2D eigenvalue weighted by Crippen LogP contribution is 2.13. The average Bonchev–Trinajstić information content (AvgIpc) is 2.34. The molecule has 3 nitrogen and oxygen atoms in total. The molecule has 0 saturated carbocycles. The first-order valence-electron chi connectivity index (χ1n) is 5.94. The lowest BCUT2D eigenvalue weighted by molar-refractivity contribution is 0.0494. The van der Waals surface area contributed by atoms with Gasteiger partial charge in [-0.15, -0.1) is 0 Å². The van der Waals surface area contributed by atoms with Crippen LogP contribution in [0.3, 0.4) is 0 Å². The molecular weight excluding hydrogens is 216 g/mol. The van der Waals surface area contributed by atoms with Crippen LogP contribution in [0.25, 0.3) is 0 Å². The number of benzene rings is 1. The van der Waals surface area contributed by atoms with Crippen LogP contribution >= 0.6 is 0 Å². The fraction of sp³-hybridized carbons (Fsp3) is 0.500. The Labute approximate surface area is 103 Å². The molecule has 0 bridgehead atoms. The van der Waals surface area contributed by atoms with Gasteiger partial charge in [-0.05, 0) is 37.0 Å². The highest BCUT2D eigenvalue weighted by atomic mass is 16.5. The summed E-state index contributed by atoms with van der Waals surface area (Å²) in [4.78, 5) is 11.7. The molecule has 0 atom stereocenters. The summed E-state index contributed by atoms with van der Waals surface area (Å²) in [5.41, 5.74) is 0.536. The first-order valence-corrected chi connectivity index (χ1v) is 5.94. The van der Waals surface area contributed by atoms with Gasteiger partial charge in [0.15, 0.2) is 0 Å². The van der Waals surface area contributed by atoms with E-state index in [-0.39, 0.29) is 5.97 Å². The van der Waals surface area contributed by atoms with Gasteiger partial charge in [0.25, 0.3) is 0 Å². The molecule has 1 aromatic rings. The molecule has 3 heteroatoms. The maximum atomic E-state index is 11.7. The lowest BCUT2D eigenvalue weighted by Crippen LogP contribution is -2.07. The molecule has 0 amide bonds. The molecule has 94 valence electrons. The Kier molecular flexibility index (Phi) is 5.53. The predicted octanol–water partition coefficient (Wildman–Crippen LogP) is 3.29. The molecule has 1 aromatic carbocycles. The fourth-order valence-electron chi connectivity index (χ4n) is 1.49. The summed E-state index contributed by atoms with van der Waals surface area (Å²) in [7, 11) is 1.58. The van der Waals surface area contributed by atoms with E-state index in [1.165, 1.54) is 0 Å². The van der Waals surface area contributed by atoms with Crippen molar-refractivity contribution in [3.63, 3.8) is 0 Å². The van der Waals surface area contributed by atoms with Crippen LogP contribution in [-0.4, -0.2) is 19.7 Å². The summed E-state index contributed by atoms with van der Waals surface area (Å²) in [6, 6.07) is 7.00. The second-order valence-corrected chi connectivity index (χ2v) is 4.40. The van der Waals surface area contributed by atoms with E-state index in [4.69, 9.17) is 9.47 Å². The van der Waals surface area contributed by atoms with Crippen molar-refractivity contribution < 1.29 is 14.3 Å². The molecule has 0 fully saturated rings. The largest absolute Gasteiger partial charge is 0.497 e. The zero-order valence-electron chi connectivity index (χ0n) is 10.7. The SMILES string of the molecule is COc1cccc(C(=O)OCCCC(C)C)c1. The van der Waals surface area contributed by atoms with Crippen LogP contribution < -0.4 is 4.74 Å². The van der Waals surface area contributed by atoms with Crippen molar-refractivity contribution in [3.8, 4) is 5.75 Å². The molecule has 0 unspecified atom stereocenters. The Bertz CT molecular complexity index is 358. The maximum absolute atomic E-state index is 11.7. The summed E-state index contributed by atoms with van der Waals surface area (Å²) >= 11 is 0. The van der Waals surface area contributed by atoms with Gasteiger partial charge in [0, 0.05) is 0 Å². The van der Waals surface area contributed by atoms with Gasteiger partial charge in [0.2, 0.25) is 0 Å². The first kappa shape index (κ1) is 13.6. The van der Waals surface area contributed by atoms with Crippen molar-refractivity contribution in [1.82, 2.24) is 0 Å². The number of rotatable bonds is 6. The summed E-state index contributed by atoms with van der Waals surface area (Å²) in [6.07, 6.45) is 1.98. The zero-order valence-corrected chi connectivity index (χ0v) is 10.7. The highest BCUT2D eigenvalue weighted by Gasteiger charge is 2.07. The molecule has 0 aliphatic heterocycles. The third-order valence-electron chi connectivity index (χ3n) is 2.46. The molecule has 0 N–H and O–H groups in total. The Morgan fingerprint density at radius 2 is 2.12 bits per heavy atom. The van der Waals surface area contributed by atoms with Crippen LogP contribution in [-0.2, 0) is 4.74 Å². The van der Waals surface area contributed by atoms with Crippen molar-refractivity contribution in [2.24, 2.45) is 5.92 Å². The summed E-state index contributed by atoms with van der Waals surface area (Å²) < 4.78 is 10.2. The second-order valence-electron chi connectivity index (χ2n) is 4.40. The molecule has 0 radical (unpaired) electrons. The molecule has 0 aromatic heterocycles. The fourth-order valence-corrected chi connectivity index (χ4v) is 1.49. The number of hydrogen-bond donors (Lipinski definition) is 0. The first-order chi connectivity index (χ1) is 8.13. The van der Waals surface area contributed by atoms with Crippen LogP contribution in [0, 0.1) is 5.92 Å². The van der Waals surface area contributed by atoms with Crippen molar-refractivity contribution >= 4 is 5.97 Å². The molecule has 1 rings (SSSR count). The van der Waals surface area contributed by atoms with E-state index < -0.39 is 0 Å². The molecule has 0 heterocycles. The van der Waals surface area contributed by atoms with Crippen molar-refractivity contribution in [2.75, 3.05) is 13.7 Å². The van der Waals surface area contributed by atoms with Gasteiger partial charge in [-0.2, -0.15) is 0 Å². The quantitative estimate of drug-likeness (QED) is 0.561. The number of hydrogen-bond acceptors (Lipinski definition) is 3. The van der Waals surface area contributed by atoms with E-state index in [1.54, 1.807) is 31.4 Å². The number of ether oxygens (including phenoxy) is 2. The number of carbonyl (C=O) groups is 1. The van der Waals surface area contributed by atoms with Crippen LogP contribution in [0.15, 0.2) is 24.3 Å². The molecule has 0 aliphatic carbocycles. The van der Waals surface area contributed by atoms with Gasteiger partial charge < -0.3 is 9.47 Å². The predicted molar refractivity (Wildman–Crippen MR) is 67.3 cm³/mol. The summed E-state index contributed by atoms with van der Waals surface area (Å²) in [6.45, 7) is 4.79. The van der Waals surface area contributed by atoms with Crippen LogP contribution in [0.5, 0.6) is 5.75 Å². The van der Waals surface area contributed by atoms with Crippen molar-refractivity contribution in [1.29, 1.82) is 0 Å². The standard InChI is InChI=1S/C14H20O3/c1-11(2)6-5-9-17-14(15)12-7-4-8-13(10-12)16-3/h4,7-8,10-11H,5-6,9H2,1-3H3. The lowest BCUT2D eigenvalue weighted by Gasteiger charge is -2.07. The summed E-state index contributed by atoms with van der Waals surface area (Å²) in [5, 5.41) is 0. The Hall–Kier alpha value is -1.51. The summed E-state index contributed by atoms with van der Waals surface area (Å²) in [5.74, 6) is 1.03. The van der Waals surface area contributed by atoms with E-state index in [9.17, 15) is 4.79 Å². The molecule has 0 saturated heterocycles. The third kappa shape index (κ3) is 4.89. The third-order valence-corrected chi connectivity index (χ3v) is 2.46. The van der Waals surface area contributed by atoms with Crippen LogP contribution in [0.1, 0.15) is 37.0 Å². The smallest absolute Gasteiger partial charge is 0.338 e. The lowest BCUT2D eigenvalue weighted by atomic mass is 10.1. The average molecular weight is 236 g/mol. The van der Waals surface area contributed by atoms with Crippen molar-refractivity contribution in [2.45, 2.75) is 26.7 Å².